The first-order valence-electron chi connectivity index (χ1n) is 23.7. The highest BCUT2D eigenvalue weighted by atomic mass is 31.2. The van der Waals surface area contributed by atoms with Gasteiger partial charge in [-0.25, -0.2) is 19.4 Å². The van der Waals surface area contributed by atoms with E-state index in [-0.39, 0.29) is 60.0 Å². The number of nitrogens with two attached hydrogens (primary N) is 3. The normalized spacial score (nSPS) is 29.9. The monoisotopic (exact) mass is 1140 g/mol. The van der Waals surface area contributed by atoms with Gasteiger partial charge in [0, 0.05) is 69.8 Å². The summed E-state index contributed by atoms with van der Waals surface area (Å²) in [5, 5.41) is 21.0. The number of fused-ring (bicyclic) bond motifs is 1. The van der Waals surface area contributed by atoms with Crippen LogP contribution in [0, 0.1) is 6.92 Å². The second kappa shape index (κ2) is 22.3. The van der Waals surface area contributed by atoms with Crippen LogP contribution < -0.4 is 45.4 Å². The van der Waals surface area contributed by atoms with Crippen molar-refractivity contribution in [2.75, 3.05) is 63.6 Å². The quantitative estimate of drug-likeness (QED) is 0.0479. The lowest BCUT2D eigenvalue weighted by atomic mass is 10.2. The molecule has 15 atom stereocenters. The number of hydrogen-bond donors (Lipinski definition) is 7. The van der Waals surface area contributed by atoms with E-state index in [0.717, 1.165) is 33.7 Å². The maximum atomic E-state index is 14.4. The molecular formula is C41H56N13O20P3. The number of rotatable bonds is 20. The molecule has 0 amide bonds. The first-order chi connectivity index (χ1) is 36.3. The Balaban J connectivity index is 0.876. The molecule has 0 radical (unpaired) electrons. The Morgan fingerprint density at radius 2 is 1.09 bits per heavy atom. The topological polar surface area (TPSA) is 450 Å². The fraction of sp³-hybridized carbons (Fsp3) is 0.585. The van der Waals surface area contributed by atoms with Crippen molar-refractivity contribution in [2.45, 2.75) is 106 Å². The number of nitrogens with one attached hydrogen (secondary N) is 2. The van der Waals surface area contributed by atoms with Gasteiger partial charge in [0.2, 0.25) is 5.95 Å². The van der Waals surface area contributed by atoms with Gasteiger partial charge in [0.05, 0.1) is 57.2 Å². The third-order valence-electron chi connectivity index (χ3n) is 12.9. The van der Waals surface area contributed by atoms with Gasteiger partial charge in [0.15, 0.2) is 11.2 Å². The van der Waals surface area contributed by atoms with Crippen molar-refractivity contribution in [3.05, 3.63) is 94.8 Å². The maximum absolute atomic E-state index is 14.4. The SMILES string of the molecule is Cc1cn([C@H]2C[C@H](OP(C)(=O)OC[C@H]3O[C@@H](n4cnc5c(=O)[nH]c(N)nc54)C[C@@H]3O)[C@@H](COP(C)(=O)O[C@H]3C[C@H](n4ccc(N)nc4=O)O[C@@H]3COP(C)(=O)O[C@H]3C[C@H](n4ccc(N)nc4=O)O[C@@H]3CO)O2)c(=O)[nH]c1=O. The number of aliphatic hydroxyl groups excluding tert-OH is 2. The van der Waals surface area contributed by atoms with Crippen molar-refractivity contribution in [3.8, 4) is 0 Å². The molecule has 4 aliphatic heterocycles. The number of hydrogen-bond acceptors (Lipinski definition) is 27. The minimum absolute atomic E-state index is 0.00237. The molecule has 0 saturated carbocycles. The third-order valence-corrected chi connectivity index (χ3v) is 16.7. The summed E-state index contributed by atoms with van der Waals surface area (Å²) in [6.07, 6.45) is -8.54. The Morgan fingerprint density at radius 1 is 0.636 bits per heavy atom. The van der Waals surface area contributed by atoms with Crippen molar-refractivity contribution in [2.24, 2.45) is 0 Å². The number of aliphatic hydroxyl groups is 2. The summed E-state index contributed by atoms with van der Waals surface area (Å²) in [5.41, 5.74) is 13.7. The van der Waals surface area contributed by atoms with E-state index in [2.05, 4.69) is 29.9 Å². The Labute approximate surface area is 433 Å². The molecule has 77 heavy (non-hydrogen) atoms. The third kappa shape index (κ3) is 12.8. The number of nitrogens with zero attached hydrogens (tertiary/aromatic N) is 8. The zero-order valence-corrected chi connectivity index (χ0v) is 44.1. The van der Waals surface area contributed by atoms with Gasteiger partial charge in [-0.05, 0) is 19.1 Å². The zero-order valence-electron chi connectivity index (χ0n) is 41.4. The minimum atomic E-state index is -4.27. The van der Waals surface area contributed by atoms with Crippen LogP contribution in [0.25, 0.3) is 11.2 Å². The second-order valence-corrected chi connectivity index (χ2v) is 24.7. The van der Waals surface area contributed by atoms with E-state index in [0.29, 0.717) is 0 Å². The first kappa shape index (κ1) is 56.1. The van der Waals surface area contributed by atoms with E-state index in [4.69, 9.17) is 63.3 Å². The average Bonchev–Trinajstić information content (AvgIpc) is 4.25. The number of nitrogen functional groups attached to an aromatic ring is 3. The van der Waals surface area contributed by atoms with Crippen LogP contribution in [0.1, 0.15) is 56.2 Å². The van der Waals surface area contributed by atoms with Gasteiger partial charge in [-0.3, -0.25) is 51.5 Å². The summed E-state index contributed by atoms with van der Waals surface area (Å²) in [7, 11) is -12.5. The van der Waals surface area contributed by atoms with Crippen molar-refractivity contribution < 1.29 is 70.0 Å². The summed E-state index contributed by atoms with van der Waals surface area (Å²) in [4.78, 5) is 83.3. The van der Waals surface area contributed by atoms with Gasteiger partial charge in [-0.1, -0.05) is 0 Å². The molecular weight excluding hydrogens is 1090 g/mol. The Bertz CT molecular complexity index is 3460. The average molecular weight is 1140 g/mol. The van der Waals surface area contributed by atoms with Crippen LogP contribution in [0.3, 0.4) is 0 Å². The van der Waals surface area contributed by atoms with E-state index in [1.807, 2.05) is 0 Å². The summed E-state index contributed by atoms with van der Waals surface area (Å²) in [5.74, 6) is -0.260. The smallest absolute Gasteiger partial charge is 0.351 e. The molecule has 0 aliphatic carbocycles. The molecule has 4 aliphatic rings. The van der Waals surface area contributed by atoms with Crippen molar-refractivity contribution in [1.82, 2.24) is 48.2 Å². The molecule has 0 spiro atoms. The van der Waals surface area contributed by atoms with E-state index >= 15 is 0 Å². The van der Waals surface area contributed by atoms with Crippen LogP contribution in [0.2, 0.25) is 0 Å². The summed E-state index contributed by atoms with van der Waals surface area (Å²) >= 11 is 0. The Kier molecular flexibility index (Phi) is 16.2. The molecule has 420 valence electrons. The highest BCUT2D eigenvalue weighted by Gasteiger charge is 2.47. The van der Waals surface area contributed by atoms with E-state index < -0.39 is 151 Å². The van der Waals surface area contributed by atoms with Crippen LogP contribution >= 0.6 is 22.8 Å². The minimum Gasteiger partial charge on any atom is -0.394 e. The second-order valence-electron chi connectivity index (χ2n) is 18.7. The predicted octanol–water partition coefficient (Wildman–Crippen LogP) is -0.584. The van der Waals surface area contributed by atoms with Crippen molar-refractivity contribution >= 4 is 51.5 Å². The number of ether oxygens (including phenoxy) is 4. The molecule has 4 fully saturated rings. The summed E-state index contributed by atoms with van der Waals surface area (Å²) in [6, 6.07) is 2.72. The van der Waals surface area contributed by atoms with Crippen molar-refractivity contribution in [1.29, 1.82) is 0 Å². The highest BCUT2D eigenvalue weighted by molar-refractivity contribution is 7.53. The van der Waals surface area contributed by atoms with Crippen LogP contribution in [0.4, 0.5) is 17.6 Å². The molecule has 9 rings (SSSR count). The Morgan fingerprint density at radius 3 is 1.60 bits per heavy atom. The number of anilines is 3. The van der Waals surface area contributed by atoms with Gasteiger partial charge in [-0.2, -0.15) is 15.0 Å². The molecule has 0 aromatic carbocycles. The summed E-state index contributed by atoms with van der Waals surface area (Å²) in [6.45, 7) is 2.70. The fourth-order valence-corrected chi connectivity index (χ4v) is 12.7. The van der Waals surface area contributed by atoms with Crippen LogP contribution in [0.5, 0.6) is 0 Å². The number of aryl methyl sites for hydroxylation is 1. The van der Waals surface area contributed by atoms with Gasteiger partial charge < -0.3 is 73.5 Å². The molecule has 4 saturated heterocycles. The largest absolute Gasteiger partial charge is 0.394 e. The molecule has 5 aromatic rings. The molecule has 5 aromatic heterocycles. The van der Waals surface area contributed by atoms with Crippen LogP contribution in [-0.4, -0.2) is 154 Å². The maximum Gasteiger partial charge on any atom is 0.351 e. The standard InChI is InChI=1S/C41H56N13O20P3/c1-19-13-53(41(61)50-36(19)57)33-12-23(74-75(2,62)65-15-25-20(56)9-30(69-25)54-18-45-34-35(54)48-38(44)49-37(34)58)27(71-33)17-67-77(4,64)73-22-11-32(52-8-6-29(43)47-40(52)60)70-26(22)16-66-76(3,63)72-21-10-31(68-24(21)14-55)51-7-5-28(42)46-39(51)59/h5-8,13,18,20-27,30-33,55-56H,9-12,14-17H2,1-4H3,(H2,42,46,59)(H2,43,47,60)(H,50,57,61)(H3,44,48,49,58)/t20-,21-,22-,23-,24+,25+,26+,27+,30+,31+,32+,33+,75?,76?,77?/m0/s1. The number of aromatic amines is 2. The molecule has 0 bridgehead atoms. The van der Waals surface area contributed by atoms with E-state index in [9.17, 15) is 47.9 Å². The predicted molar refractivity (Wildman–Crippen MR) is 265 cm³/mol. The van der Waals surface area contributed by atoms with Gasteiger partial charge in [0.1, 0.15) is 61.0 Å². The van der Waals surface area contributed by atoms with Gasteiger partial charge in [0.25, 0.3) is 11.1 Å². The Hall–Kier alpha value is -5.60. The number of aromatic nitrogens is 10. The summed E-state index contributed by atoms with van der Waals surface area (Å²) < 4.78 is 107. The zero-order chi connectivity index (χ0) is 55.3. The lowest BCUT2D eigenvalue weighted by Crippen LogP contribution is -2.33. The molecule has 33 nitrogen and oxygen atoms in total. The lowest BCUT2D eigenvalue weighted by molar-refractivity contribution is -0.0552. The van der Waals surface area contributed by atoms with Crippen molar-refractivity contribution in [3.63, 3.8) is 0 Å². The molecule has 3 unspecified atom stereocenters. The molecule has 9 heterocycles. The van der Waals surface area contributed by atoms with E-state index in [1.165, 1.54) is 48.5 Å². The first-order valence-corrected chi connectivity index (χ1v) is 29.7. The lowest BCUT2D eigenvalue weighted by Gasteiger charge is -2.27. The van der Waals surface area contributed by atoms with Gasteiger partial charge in [-0.15, -0.1) is 0 Å². The van der Waals surface area contributed by atoms with Crippen LogP contribution in [0.15, 0.2) is 61.0 Å². The number of imidazole rings is 1. The molecule has 10 N–H and O–H groups in total. The van der Waals surface area contributed by atoms with E-state index in [1.54, 1.807) is 0 Å². The fourth-order valence-electron chi connectivity index (χ4n) is 9.15. The van der Waals surface area contributed by atoms with Gasteiger partial charge >= 0.3 is 39.9 Å². The number of H-pyrrole nitrogens is 2. The molecule has 36 heteroatoms. The highest BCUT2D eigenvalue weighted by Crippen LogP contribution is 2.54. The van der Waals surface area contributed by atoms with Crippen LogP contribution in [-0.2, 0) is 59.8 Å².